The van der Waals surface area contributed by atoms with Gasteiger partial charge in [0.1, 0.15) is 10.9 Å². The Bertz CT molecular complexity index is 665. The van der Waals surface area contributed by atoms with Gasteiger partial charge in [-0.3, -0.25) is 0 Å². The maximum Gasteiger partial charge on any atom is 0.348 e. The summed E-state index contributed by atoms with van der Waals surface area (Å²) in [6.45, 7) is 6.31. The summed E-state index contributed by atoms with van der Waals surface area (Å²) in [4.78, 5) is 12.3. The van der Waals surface area contributed by atoms with Crippen molar-refractivity contribution in [1.82, 2.24) is 0 Å². The Kier molecular flexibility index (Phi) is 3.87. The summed E-state index contributed by atoms with van der Waals surface area (Å²) in [5, 5.41) is 10.2. The molecule has 1 heterocycles. The smallest absolute Gasteiger partial charge is 0.348 e. The van der Waals surface area contributed by atoms with E-state index in [0.717, 1.165) is 15.6 Å². The van der Waals surface area contributed by atoms with Crippen LogP contribution in [-0.2, 0) is 4.74 Å². The third kappa shape index (κ3) is 2.61. The Morgan fingerprint density at radius 2 is 2.16 bits per heavy atom. The van der Waals surface area contributed by atoms with Crippen LogP contribution in [0.4, 0.5) is 0 Å². The van der Waals surface area contributed by atoms with Gasteiger partial charge in [-0.1, -0.05) is 13.8 Å². The second-order valence-electron chi connectivity index (χ2n) is 4.58. The van der Waals surface area contributed by atoms with E-state index in [1.807, 2.05) is 18.2 Å². The fraction of sp³-hybridized carbons (Fsp3) is 0.333. The van der Waals surface area contributed by atoms with Crippen LogP contribution < -0.4 is 0 Å². The van der Waals surface area contributed by atoms with Crippen molar-refractivity contribution < 1.29 is 9.53 Å². The molecule has 0 unspecified atom stereocenters. The van der Waals surface area contributed by atoms with E-state index in [-0.39, 0.29) is 5.97 Å². The normalized spacial score (nSPS) is 10.7. The zero-order valence-electron chi connectivity index (χ0n) is 11.2. The van der Waals surface area contributed by atoms with E-state index in [4.69, 9.17) is 4.74 Å². The van der Waals surface area contributed by atoms with Crippen LogP contribution in [0, 0.1) is 11.3 Å². The number of hydrogen-bond donors (Lipinski definition) is 0. The molecule has 2 aromatic rings. The highest BCUT2D eigenvalue weighted by molar-refractivity contribution is 7.21. The van der Waals surface area contributed by atoms with E-state index >= 15 is 0 Å². The minimum Gasteiger partial charge on any atom is -0.462 e. The van der Waals surface area contributed by atoms with Gasteiger partial charge < -0.3 is 4.74 Å². The average Bonchev–Trinajstić information content (AvgIpc) is 2.81. The fourth-order valence-corrected chi connectivity index (χ4v) is 2.89. The molecule has 0 radical (unpaired) electrons. The highest BCUT2D eigenvalue weighted by Gasteiger charge is 2.15. The van der Waals surface area contributed by atoms with E-state index in [1.54, 1.807) is 6.92 Å². The van der Waals surface area contributed by atoms with Crippen LogP contribution in [0.5, 0.6) is 0 Å². The number of thiophene rings is 1. The standard InChI is InChI=1S/C15H15NO2S/c1-4-18-15(17)13-7-11-5-10(9(2)3)6-12(8-16)14(11)19-13/h5-7,9H,4H2,1-3H3. The van der Waals surface area contributed by atoms with Gasteiger partial charge in [-0.2, -0.15) is 5.26 Å². The highest BCUT2D eigenvalue weighted by Crippen LogP contribution is 2.32. The minimum absolute atomic E-state index is 0.321. The second kappa shape index (κ2) is 5.41. The molecular weight excluding hydrogens is 258 g/mol. The van der Waals surface area contributed by atoms with Crippen LogP contribution in [0.25, 0.3) is 10.1 Å². The molecule has 0 N–H and O–H groups in total. The van der Waals surface area contributed by atoms with Crippen LogP contribution in [0.15, 0.2) is 18.2 Å². The molecule has 0 aliphatic heterocycles. The third-order valence-electron chi connectivity index (χ3n) is 2.90. The molecule has 98 valence electrons. The molecule has 0 spiro atoms. The topological polar surface area (TPSA) is 50.1 Å². The molecule has 1 aromatic carbocycles. The highest BCUT2D eigenvalue weighted by atomic mass is 32.1. The molecule has 19 heavy (non-hydrogen) atoms. The van der Waals surface area contributed by atoms with Crippen molar-refractivity contribution in [2.75, 3.05) is 6.61 Å². The van der Waals surface area contributed by atoms with Crippen molar-refractivity contribution in [2.24, 2.45) is 0 Å². The maximum atomic E-state index is 11.7. The Hall–Kier alpha value is -1.86. The van der Waals surface area contributed by atoms with Crippen molar-refractivity contribution in [1.29, 1.82) is 5.26 Å². The van der Waals surface area contributed by atoms with Gasteiger partial charge in [0.15, 0.2) is 0 Å². The summed E-state index contributed by atoms with van der Waals surface area (Å²) < 4.78 is 5.85. The number of esters is 1. The lowest BCUT2D eigenvalue weighted by molar-refractivity contribution is 0.0532. The Morgan fingerprint density at radius 3 is 2.74 bits per heavy atom. The molecule has 0 saturated carbocycles. The number of carbonyl (C=O) groups is 1. The van der Waals surface area contributed by atoms with Crippen LogP contribution in [0.3, 0.4) is 0 Å². The number of carbonyl (C=O) groups excluding carboxylic acids is 1. The number of hydrogen-bond acceptors (Lipinski definition) is 4. The first-order valence-corrected chi connectivity index (χ1v) is 7.03. The molecule has 0 atom stereocenters. The molecule has 4 heteroatoms. The van der Waals surface area contributed by atoms with E-state index in [9.17, 15) is 10.1 Å². The molecule has 3 nitrogen and oxygen atoms in total. The van der Waals surface area contributed by atoms with Crippen LogP contribution >= 0.6 is 11.3 Å². The van der Waals surface area contributed by atoms with Crippen molar-refractivity contribution in [2.45, 2.75) is 26.7 Å². The minimum atomic E-state index is -0.321. The van der Waals surface area contributed by atoms with Crippen molar-refractivity contribution in [3.8, 4) is 6.07 Å². The van der Waals surface area contributed by atoms with Crippen molar-refractivity contribution in [3.63, 3.8) is 0 Å². The molecule has 0 aliphatic rings. The van der Waals surface area contributed by atoms with Crippen LogP contribution in [-0.4, -0.2) is 12.6 Å². The predicted octanol–water partition coefficient (Wildman–Crippen LogP) is 4.07. The lowest BCUT2D eigenvalue weighted by atomic mass is 9.99. The fourth-order valence-electron chi connectivity index (χ4n) is 1.90. The largest absolute Gasteiger partial charge is 0.462 e. The Labute approximate surface area is 116 Å². The number of nitriles is 1. The maximum absolute atomic E-state index is 11.7. The number of nitrogens with zero attached hydrogens (tertiary/aromatic N) is 1. The molecular formula is C15H15NO2S. The third-order valence-corrected chi connectivity index (χ3v) is 4.07. The summed E-state index contributed by atoms with van der Waals surface area (Å²) in [6, 6.07) is 7.96. The molecule has 0 saturated heterocycles. The summed E-state index contributed by atoms with van der Waals surface area (Å²) in [5.74, 6) is 0.0288. The first kappa shape index (κ1) is 13.6. The lowest BCUT2D eigenvalue weighted by Gasteiger charge is -2.05. The first-order valence-electron chi connectivity index (χ1n) is 6.21. The summed E-state index contributed by atoms with van der Waals surface area (Å²) in [5.41, 5.74) is 1.74. The number of fused-ring (bicyclic) bond motifs is 1. The van der Waals surface area contributed by atoms with Gasteiger partial charge in [-0.05, 0) is 42.0 Å². The monoisotopic (exact) mass is 273 g/mol. The van der Waals surface area contributed by atoms with Gasteiger partial charge in [-0.15, -0.1) is 11.3 Å². The van der Waals surface area contributed by atoms with Crippen LogP contribution in [0.2, 0.25) is 0 Å². The SMILES string of the molecule is CCOC(=O)c1cc2cc(C(C)C)cc(C#N)c2s1. The van der Waals surface area contributed by atoms with E-state index in [2.05, 4.69) is 19.9 Å². The zero-order chi connectivity index (χ0) is 14.0. The van der Waals surface area contributed by atoms with Crippen molar-refractivity contribution in [3.05, 3.63) is 34.2 Å². The lowest BCUT2D eigenvalue weighted by Crippen LogP contribution is -2.01. The van der Waals surface area contributed by atoms with Crippen LogP contribution in [0.1, 0.15) is 47.5 Å². The molecule has 2 rings (SSSR count). The van der Waals surface area contributed by atoms with Gasteiger partial charge in [0.05, 0.1) is 16.9 Å². The van der Waals surface area contributed by atoms with Gasteiger partial charge in [0, 0.05) is 0 Å². The van der Waals surface area contributed by atoms with Gasteiger partial charge in [0.25, 0.3) is 0 Å². The molecule has 0 bridgehead atoms. The van der Waals surface area contributed by atoms with E-state index in [0.29, 0.717) is 23.0 Å². The molecule has 1 aromatic heterocycles. The number of ether oxygens (including phenoxy) is 1. The Morgan fingerprint density at radius 1 is 1.42 bits per heavy atom. The quantitative estimate of drug-likeness (QED) is 0.792. The summed E-state index contributed by atoms with van der Waals surface area (Å²) >= 11 is 1.32. The first-order chi connectivity index (χ1) is 9.06. The Balaban J connectivity index is 2.58. The molecule has 0 amide bonds. The molecule has 0 aliphatic carbocycles. The average molecular weight is 273 g/mol. The van der Waals surface area contributed by atoms with Gasteiger partial charge in [-0.25, -0.2) is 4.79 Å². The second-order valence-corrected chi connectivity index (χ2v) is 5.64. The molecule has 0 fully saturated rings. The number of benzene rings is 1. The summed E-state index contributed by atoms with van der Waals surface area (Å²) in [7, 11) is 0. The summed E-state index contributed by atoms with van der Waals surface area (Å²) in [6.07, 6.45) is 0. The van der Waals surface area contributed by atoms with E-state index < -0.39 is 0 Å². The van der Waals surface area contributed by atoms with E-state index in [1.165, 1.54) is 11.3 Å². The zero-order valence-corrected chi connectivity index (χ0v) is 12.0. The predicted molar refractivity (Wildman–Crippen MR) is 76.6 cm³/mol. The number of rotatable bonds is 3. The van der Waals surface area contributed by atoms with Crippen molar-refractivity contribution >= 4 is 27.4 Å². The van der Waals surface area contributed by atoms with Gasteiger partial charge in [0.2, 0.25) is 0 Å². The van der Waals surface area contributed by atoms with Gasteiger partial charge >= 0.3 is 5.97 Å².